The van der Waals surface area contributed by atoms with Gasteiger partial charge < -0.3 is 14.5 Å². The fourth-order valence-corrected chi connectivity index (χ4v) is 3.63. The Hall–Kier alpha value is -2.22. The van der Waals surface area contributed by atoms with Gasteiger partial charge in [0.05, 0.1) is 13.2 Å². The second-order valence-corrected chi connectivity index (χ2v) is 7.62. The van der Waals surface area contributed by atoms with Gasteiger partial charge in [0.2, 0.25) is 11.8 Å². The van der Waals surface area contributed by atoms with Crippen molar-refractivity contribution < 1.29 is 18.7 Å². The number of nitrogens with one attached hydrogen (secondary N) is 1. The van der Waals surface area contributed by atoms with Gasteiger partial charge in [0.25, 0.3) is 0 Å². The van der Waals surface area contributed by atoms with E-state index in [0.29, 0.717) is 17.9 Å². The van der Waals surface area contributed by atoms with Crippen LogP contribution in [-0.4, -0.2) is 29.0 Å². The van der Waals surface area contributed by atoms with E-state index >= 15 is 0 Å². The van der Waals surface area contributed by atoms with Gasteiger partial charge in [-0.1, -0.05) is 33.6 Å². The van der Waals surface area contributed by atoms with Crippen LogP contribution in [0.2, 0.25) is 0 Å². The quantitative estimate of drug-likeness (QED) is 0.504. The zero-order valence-electron chi connectivity index (χ0n) is 16.5. The fraction of sp³-hybridized carbons (Fsp3) is 0.579. The molecule has 1 amide bonds. The van der Waals surface area contributed by atoms with Gasteiger partial charge >= 0.3 is 5.97 Å². The van der Waals surface area contributed by atoms with Crippen molar-refractivity contribution in [2.24, 2.45) is 5.92 Å². The molecule has 0 aliphatic heterocycles. The molecule has 2 rings (SSSR count). The number of unbranched alkanes of at least 4 members (excludes halogenated alkanes) is 2. The van der Waals surface area contributed by atoms with Gasteiger partial charge in [-0.25, -0.2) is 14.8 Å². The van der Waals surface area contributed by atoms with Crippen molar-refractivity contribution in [3.63, 3.8) is 0 Å². The summed E-state index contributed by atoms with van der Waals surface area (Å²) in [5.41, 5.74) is 0.686. The summed E-state index contributed by atoms with van der Waals surface area (Å²) >= 11 is 1.44. The number of aryl methyl sites for hydroxylation is 1. The van der Waals surface area contributed by atoms with Gasteiger partial charge in [-0.2, -0.15) is 0 Å². The molecule has 148 valence electrons. The Balaban J connectivity index is 2.16. The van der Waals surface area contributed by atoms with E-state index < -0.39 is 5.97 Å². The molecular formula is C19H27N3O4S. The number of esters is 1. The lowest BCUT2D eigenvalue weighted by Gasteiger charge is -2.20. The number of ether oxygens (including phenoxy) is 1. The standard InChI is InChI=1S/C19H27N3O4S/c1-6-7-8-9-14(23)21-15(11(2)3)18-20-13(10-27-18)17-22-16(12(4)26-17)19(24)25-5/h10-11,15H,6-9H2,1-5H3,(H,21,23)/t15-/m0/s1. The summed E-state index contributed by atoms with van der Waals surface area (Å²) in [5, 5.41) is 5.69. The molecule has 8 heteroatoms. The van der Waals surface area contributed by atoms with Crippen molar-refractivity contribution in [1.82, 2.24) is 15.3 Å². The van der Waals surface area contributed by atoms with Crippen molar-refractivity contribution in [1.29, 1.82) is 0 Å². The second-order valence-electron chi connectivity index (χ2n) is 6.73. The number of carbonyl (C=O) groups is 2. The largest absolute Gasteiger partial charge is 0.464 e. The highest BCUT2D eigenvalue weighted by Crippen LogP contribution is 2.30. The molecule has 0 spiro atoms. The molecular weight excluding hydrogens is 366 g/mol. The van der Waals surface area contributed by atoms with E-state index in [0.717, 1.165) is 24.3 Å². The highest BCUT2D eigenvalue weighted by Gasteiger charge is 2.24. The maximum Gasteiger partial charge on any atom is 0.360 e. The Morgan fingerprint density at radius 3 is 2.67 bits per heavy atom. The number of carbonyl (C=O) groups excluding carboxylic acids is 2. The van der Waals surface area contributed by atoms with Crippen LogP contribution in [0.4, 0.5) is 0 Å². The molecule has 27 heavy (non-hydrogen) atoms. The van der Waals surface area contributed by atoms with E-state index in [1.54, 1.807) is 6.92 Å². The van der Waals surface area contributed by atoms with E-state index in [1.165, 1.54) is 18.4 Å². The number of thiazole rings is 1. The van der Waals surface area contributed by atoms with Gasteiger partial charge in [0.1, 0.15) is 16.5 Å². The molecule has 1 atom stereocenters. The topological polar surface area (TPSA) is 94.3 Å². The van der Waals surface area contributed by atoms with Crippen LogP contribution in [0, 0.1) is 12.8 Å². The maximum atomic E-state index is 12.2. The van der Waals surface area contributed by atoms with Crippen LogP contribution in [0.15, 0.2) is 9.80 Å². The summed E-state index contributed by atoms with van der Waals surface area (Å²) < 4.78 is 10.3. The zero-order valence-corrected chi connectivity index (χ0v) is 17.3. The minimum Gasteiger partial charge on any atom is -0.464 e. The number of nitrogens with zero attached hydrogens (tertiary/aromatic N) is 2. The van der Waals surface area contributed by atoms with Crippen LogP contribution in [0.5, 0.6) is 0 Å². The van der Waals surface area contributed by atoms with Crippen LogP contribution >= 0.6 is 11.3 Å². The highest BCUT2D eigenvalue weighted by atomic mass is 32.1. The first kappa shape index (κ1) is 21.1. The van der Waals surface area contributed by atoms with Gasteiger partial charge in [-0.3, -0.25) is 4.79 Å². The predicted molar refractivity (Wildman–Crippen MR) is 104 cm³/mol. The van der Waals surface area contributed by atoms with Crippen molar-refractivity contribution in [3.05, 3.63) is 21.8 Å². The fourth-order valence-electron chi connectivity index (χ4n) is 2.62. The minimum absolute atomic E-state index is 0.0406. The molecule has 0 aliphatic rings. The van der Waals surface area contributed by atoms with Crippen molar-refractivity contribution >= 4 is 23.2 Å². The first-order valence-electron chi connectivity index (χ1n) is 9.18. The van der Waals surface area contributed by atoms with Gasteiger partial charge in [0, 0.05) is 11.8 Å². The lowest BCUT2D eigenvalue weighted by Crippen LogP contribution is -2.31. The average Bonchev–Trinajstić information content (AvgIpc) is 3.25. The Morgan fingerprint density at radius 2 is 2.04 bits per heavy atom. The number of oxazole rings is 1. The summed E-state index contributed by atoms with van der Waals surface area (Å²) in [6.07, 6.45) is 3.55. The van der Waals surface area contributed by atoms with E-state index in [2.05, 4.69) is 22.2 Å². The number of rotatable bonds is 9. The third-order valence-electron chi connectivity index (χ3n) is 4.17. The molecule has 7 nitrogen and oxygen atoms in total. The number of hydrogen-bond donors (Lipinski definition) is 1. The molecule has 0 fully saturated rings. The molecule has 0 unspecified atom stereocenters. The summed E-state index contributed by atoms with van der Waals surface area (Å²) in [6.45, 7) is 7.86. The van der Waals surface area contributed by atoms with E-state index in [4.69, 9.17) is 9.15 Å². The Labute approximate surface area is 163 Å². The number of hydrogen-bond acceptors (Lipinski definition) is 7. The zero-order chi connectivity index (χ0) is 20.0. The lowest BCUT2D eigenvalue weighted by molar-refractivity contribution is -0.122. The normalized spacial score (nSPS) is 12.2. The van der Waals surface area contributed by atoms with E-state index in [-0.39, 0.29) is 29.5 Å². The Morgan fingerprint density at radius 1 is 1.30 bits per heavy atom. The van der Waals surface area contributed by atoms with Crippen LogP contribution in [0.25, 0.3) is 11.6 Å². The summed E-state index contributed by atoms with van der Waals surface area (Å²) in [4.78, 5) is 32.7. The summed E-state index contributed by atoms with van der Waals surface area (Å²) in [7, 11) is 1.30. The van der Waals surface area contributed by atoms with E-state index in [1.807, 2.05) is 19.2 Å². The van der Waals surface area contributed by atoms with Crippen molar-refractivity contribution in [3.8, 4) is 11.6 Å². The molecule has 0 radical (unpaired) electrons. The first-order chi connectivity index (χ1) is 12.9. The molecule has 2 aromatic rings. The molecule has 1 N–H and O–H groups in total. The third-order valence-corrected chi connectivity index (χ3v) is 5.10. The number of aromatic nitrogens is 2. The third kappa shape index (κ3) is 5.38. The van der Waals surface area contributed by atoms with Gasteiger partial charge in [-0.05, 0) is 19.3 Å². The molecule has 2 heterocycles. The highest BCUT2D eigenvalue weighted by molar-refractivity contribution is 7.10. The molecule has 0 aromatic carbocycles. The van der Waals surface area contributed by atoms with E-state index in [9.17, 15) is 9.59 Å². The SMILES string of the molecule is CCCCCC(=O)N[C@H](c1nc(-c2nc(C(=O)OC)c(C)o2)cs1)C(C)C. The van der Waals surface area contributed by atoms with Crippen LogP contribution in [-0.2, 0) is 9.53 Å². The Bertz CT molecular complexity index is 782. The lowest BCUT2D eigenvalue weighted by atomic mass is 10.0. The van der Waals surface area contributed by atoms with Crippen LogP contribution in [0.1, 0.15) is 73.8 Å². The maximum absolute atomic E-state index is 12.2. The smallest absolute Gasteiger partial charge is 0.360 e. The molecule has 0 bridgehead atoms. The molecule has 0 aliphatic carbocycles. The average molecular weight is 394 g/mol. The monoisotopic (exact) mass is 393 g/mol. The Kier molecular flexibility index (Phi) is 7.53. The van der Waals surface area contributed by atoms with Gasteiger partial charge in [0.15, 0.2) is 5.69 Å². The van der Waals surface area contributed by atoms with Crippen molar-refractivity contribution in [2.45, 2.75) is 59.4 Å². The van der Waals surface area contributed by atoms with Crippen LogP contribution in [0.3, 0.4) is 0 Å². The summed E-state index contributed by atoms with van der Waals surface area (Å²) in [5.74, 6) is 0.343. The molecule has 0 saturated heterocycles. The van der Waals surface area contributed by atoms with Crippen LogP contribution < -0.4 is 5.32 Å². The predicted octanol–water partition coefficient (Wildman–Crippen LogP) is 4.29. The second kappa shape index (κ2) is 9.64. The molecule has 0 saturated carbocycles. The molecule has 2 aromatic heterocycles. The number of amides is 1. The first-order valence-corrected chi connectivity index (χ1v) is 10.1. The minimum atomic E-state index is -0.544. The van der Waals surface area contributed by atoms with Gasteiger partial charge in [-0.15, -0.1) is 11.3 Å². The summed E-state index contributed by atoms with van der Waals surface area (Å²) in [6, 6.07) is -0.172. The number of methoxy groups -OCH3 is 1. The van der Waals surface area contributed by atoms with Crippen molar-refractivity contribution in [2.75, 3.05) is 7.11 Å².